The second-order valence-electron chi connectivity index (χ2n) is 4.97. The van der Waals surface area contributed by atoms with Gasteiger partial charge in [-0.15, -0.1) is 0 Å². The van der Waals surface area contributed by atoms with Crippen LogP contribution in [0.25, 0.3) is 0 Å². The van der Waals surface area contributed by atoms with E-state index in [2.05, 4.69) is 21.2 Å². The Morgan fingerprint density at radius 3 is 2.80 bits per heavy atom. The summed E-state index contributed by atoms with van der Waals surface area (Å²) in [5.74, 6) is -1.31. The number of carbonyl (C=O) groups is 2. The summed E-state index contributed by atoms with van der Waals surface area (Å²) >= 11 is 9.13. The summed E-state index contributed by atoms with van der Waals surface area (Å²) in [5.41, 5.74) is 0.499. The molecule has 1 aromatic rings. The lowest BCUT2D eigenvalue weighted by Gasteiger charge is -2.16. The molecule has 0 spiro atoms. The van der Waals surface area contributed by atoms with Gasteiger partial charge in [0, 0.05) is 16.0 Å². The summed E-state index contributed by atoms with van der Waals surface area (Å²) in [7, 11) is 0. The topological polar surface area (TPSA) is 66.4 Å². The summed E-state index contributed by atoms with van der Waals surface area (Å²) in [6.45, 7) is 0.394. The highest BCUT2D eigenvalue weighted by Gasteiger charge is 2.32. The molecule has 1 fully saturated rings. The molecule has 0 bridgehead atoms. The molecule has 0 heterocycles. The van der Waals surface area contributed by atoms with Crippen LogP contribution in [0.5, 0.6) is 0 Å². The van der Waals surface area contributed by atoms with E-state index in [-0.39, 0.29) is 17.7 Å². The van der Waals surface area contributed by atoms with Crippen molar-refractivity contribution in [3.63, 3.8) is 0 Å². The molecule has 2 atom stereocenters. The molecular weight excluding hydrogens is 346 g/mol. The maximum absolute atomic E-state index is 12.1. The summed E-state index contributed by atoms with van der Waals surface area (Å²) in [6.07, 6.45) is 2.45. The lowest BCUT2D eigenvalue weighted by atomic mass is 9.96. The zero-order valence-corrected chi connectivity index (χ0v) is 13.1. The maximum atomic E-state index is 12.1. The van der Waals surface area contributed by atoms with Crippen LogP contribution in [0.1, 0.15) is 29.6 Å². The largest absolute Gasteiger partial charge is 0.481 e. The van der Waals surface area contributed by atoms with E-state index in [1.54, 1.807) is 18.2 Å². The van der Waals surface area contributed by atoms with Crippen LogP contribution in [0.4, 0.5) is 0 Å². The summed E-state index contributed by atoms with van der Waals surface area (Å²) in [6, 6.07) is 4.95. The van der Waals surface area contributed by atoms with Gasteiger partial charge in [0.2, 0.25) is 0 Å². The smallest absolute Gasteiger partial charge is 0.306 e. The normalized spacial score (nSPS) is 21.7. The minimum atomic E-state index is -0.769. The number of hydrogen-bond acceptors (Lipinski definition) is 2. The van der Waals surface area contributed by atoms with Crippen molar-refractivity contribution in [1.82, 2.24) is 5.32 Å². The minimum Gasteiger partial charge on any atom is -0.481 e. The molecule has 1 aliphatic carbocycles. The van der Waals surface area contributed by atoms with Crippen molar-refractivity contribution in [3.05, 3.63) is 33.3 Å². The van der Waals surface area contributed by atoms with Crippen molar-refractivity contribution in [2.45, 2.75) is 19.3 Å². The average Bonchev–Trinajstić information content (AvgIpc) is 2.84. The second-order valence-corrected chi connectivity index (χ2v) is 6.26. The first-order chi connectivity index (χ1) is 9.49. The third-order valence-electron chi connectivity index (χ3n) is 3.68. The SMILES string of the molecule is O=C(NCC1CCCC1C(=O)O)c1ccc(Cl)cc1Br. The van der Waals surface area contributed by atoms with Gasteiger partial charge in [-0.1, -0.05) is 18.0 Å². The predicted octanol–water partition coefficient (Wildman–Crippen LogP) is 3.33. The second kappa shape index (κ2) is 6.59. The Hall–Kier alpha value is -1.07. The van der Waals surface area contributed by atoms with Crippen molar-refractivity contribution >= 4 is 39.4 Å². The highest BCUT2D eigenvalue weighted by molar-refractivity contribution is 9.10. The molecule has 1 saturated carbocycles. The highest BCUT2D eigenvalue weighted by atomic mass is 79.9. The van der Waals surface area contributed by atoms with E-state index in [0.717, 1.165) is 12.8 Å². The summed E-state index contributed by atoms with van der Waals surface area (Å²) in [4.78, 5) is 23.2. The molecule has 1 aromatic carbocycles. The van der Waals surface area contributed by atoms with Gasteiger partial charge in [-0.2, -0.15) is 0 Å². The number of rotatable bonds is 4. The van der Waals surface area contributed by atoms with Crippen molar-refractivity contribution in [3.8, 4) is 0 Å². The van der Waals surface area contributed by atoms with Crippen molar-refractivity contribution in [2.24, 2.45) is 11.8 Å². The van der Waals surface area contributed by atoms with E-state index < -0.39 is 5.97 Å². The van der Waals surface area contributed by atoms with E-state index >= 15 is 0 Å². The number of aliphatic carboxylic acids is 1. The fourth-order valence-electron chi connectivity index (χ4n) is 2.60. The Kier molecular flexibility index (Phi) is 5.05. The van der Waals surface area contributed by atoms with Gasteiger partial charge in [-0.05, 0) is 52.9 Å². The minimum absolute atomic E-state index is 0.0162. The van der Waals surface area contributed by atoms with Crippen LogP contribution in [-0.4, -0.2) is 23.5 Å². The molecule has 20 heavy (non-hydrogen) atoms. The van der Waals surface area contributed by atoms with Gasteiger partial charge in [0.1, 0.15) is 0 Å². The van der Waals surface area contributed by atoms with Crippen molar-refractivity contribution < 1.29 is 14.7 Å². The van der Waals surface area contributed by atoms with Gasteiger partial charge in [-0.25, -0.2) is 0 Å². The Morgan fingerprint density at radius 2 is 2.15 bits per heavy atom. The molecule has 0 radical (unpaired) electrons. The molecule has 2 unspecified atom stereocenters. The van der Waals surface area contributed by atoms with Crippen molar-refractivity contribution in [1.29, 1.82) is 0 Å². The zero-order valence-electron chi connectivity index (χ0n) is 10.7. The first-order valence-corrected chi connectivity index (χ1v) is 7.62. The number of hydrogen-bond donors (Lipinski definition) is 2. The molecule has 1 amide bonds. The Labute approximate surface area is 130 Å². The van der Waals surface area contributed by atoms with Crippen LogP contribution in [0.15, 0.2) is 22.7 Å². The molecule has 2 rings (SSSR count). The number of carboxylic acids is 1. The number of carboxylic acid groups (broad SMARTS) is 1. The van der Waals surface area contributed by atoms with Gasteiger partial charge >= 0.3 is 5.97 Å². The Bertz CT molecular complexity index is 535. The van der Waals surface area contributed by atoms with Gasteiger partial charge in [0.25, 0.3) is 5.91 Å². The molecule has 6 heteroatoms. The molecule has 0 saturated heterocycles. The van der Waals surface area contributed by atoms with Crippen LogP contribution in [0, 0.1) is 11.8 Å². The molecule has 1 aliphatic rings. The lowest BCUT2D eigenvalue weighted by Crippen LogP contribution is -2.33. The monoisotopic (exact) mass is 359 g/mol. The maximum Gasteiger partial charge on any atom is 0.306 e. The highest BCUT2D eigenvalue weighted by Crippen LogP contribution is 2.31. The van der Waals surface area contributed by atoms with E-state index in [1.165, 1.54) is 0 Å². The molecule has 4 nitrogen and oxygen atoms in total. The van der Waals surface area contributed by atoms with Crippen LogP contribution in [0.3, 0.4) is 0 Å². The Morgan fingerprint density at radius 1 is 1.40 bits per heavy atom. The standard InChI is InChI=1S/C14H15BrClNO3/c15-12-6-9(16)4-5-11(12)13(18)17-7-8-2-1-3-10(8)14(19)20/h4-6,8,10H,1-3,7H2,(H,17,18)(H,19,20). The summed E-state index contributed by atoms with van der Waals surface area (Å²) < 4.78 is 0.628. The number of amides is 1. The average molecular weight is 361 g/mol. The van der Waals surface area contributed by atoms with Gasteiger partial charge in [0.05, 0.1) is 11.5 Å². The third kappa shape index (κ3) is 3.52. The van der Waals surface area contributed by atoms with Gasteiger partial charge in [-0.3, -0.25) is 9.59 Å². The third-order valence-corrected chi connectivity index (χ3v) is 4.57. The van der Waals surface area contributed by atoms with Crippen LogP contribution < -0.4 is 5.32 Å². The molecule has 0 aromatic heterocycles. The van der Waals surface area contributed by atoms with E-state index in [9.17, 15) is 9.59 Å². The Balaban J connectivity index is 1.97. The fourth-order valence-corrected chi connectivity index (χ4v) is 3.46. The summed E-state index contributed by atoms with van der Waals surface area (Å²) in [5, 5.41) is 12.5. The molecule has 0 aliphatic heterocycles. The molecule has 2 N–H and O–H groups in total. The number of benzene rings is 1. The first kappa shape index (κ1) is 15.3. The van der Waals surface area contributed by atoms with Crippen molar-refractivity contribution in [2.75, 3.05) is 6.54 Å². The lowest BCUT2D eigenvalue weighted by molar-refractivity contribution is -0.142. The predicted molar refractivity (Wildman–Crippen MR) is 80.0 cm³/mol. The van der Waals surface area contributed by atoms with E-state index in [1.807, 2.05) is 0 Å². The van der Waals surface area contributed by atoms with Crippen LogP contribution in [-0.2, 0) is 4.79 Å². The zero-order chi connectivity index (χ0) is 14.7. The number of halogens is 2. The fraction of sp³-hybridized carbons (Fsp3) is 0.429. The van der Waals surface area contributed by atoms with Gasteiger partial charge in [0.15, 0.2) is 0 Å². The van der Waals surface area contributed by atoms with Gasteiger partial charge < -0.3 is 10.4 Å². The number of nitrogens with one attached hydrogen (secondary N) is 1. The van der Waals surface area contributed by atoms with Crippen LogP contribution >= 0.6 is 27.5 Å². The quantitative estimate of drug-likeness (QED) is 0.865. The first-order valence-electron chi connectivity index (χ1n) is 6.45. The number of carbonyl (C=O) groups excluding carboxylic acids is 1. The molecular formula is C14H15BrClNO3. The molecule has 108 valence electrons. The van der Waals surface area contributed by atoms with E-state index in [4.69, 9.17) is 16.7 Å². The van der Waals surface area contributed by atoms with E-state index in [0.29, 0.717) is 28.0 Å². The van der Waals surface area contributed by atoms with Crippen LogP contribution in [0.2, 0.25) is 5.02 Å².